The van der Waals surface area contributed by atoms with Crippen molar-refractivity contribution in [2.75, 3.05) is 24.2 Å². The number of carbonyl (C=O) groups excluding carboxylic acids is 2. The largest absolute Gasteiger partial charge is 0.326 e. The monoisotopic (exact) mass is 246 g/mol. The van der Waals surface area contributed by atoms with Crippen LogP contribution in [-0.2, 0) is 4.79 Å². The molecular weight excluding hydrogens is 232 g/mol. The van der Waals surface area contributed by atoms with Gasteiger partial charge in [0.2, 0.25) is 5.91 Å². The fraction of sp³-hybridized carbons (Fsp3) is 0.250. The minimum atomic E-state index is -0.358. The molecule has 6 nitrogen and oxygen atoms in total. The van der Waals surface area contributed by atoms with Crippen molar-refractivity contribution in [2.45, 2.75) is 6.92 Å². The van der Waals surface area contributed by atoms with E-state index < -0.39 is 0 Å². The highest BCUT2D eigenvalue weighted by atomic mass is 16.2. The van der Waals surface area contributed by atoms with Crippen molar-refractivity contribution in [3.05, 3.63) is 24.3 Å². The van der Waals surface area contributed by atoms with Crippen molar-refractivity contribution in [1.82, 2.24) is 4.90 Å². The number of anilines is 2. The van der Waals surface area contributed by atoms with Crippen molar-refractivity contribution in [1.29, 1.82) is 5.26 Å². The molecule has 0 aliphatic rings. The number of amides is 3. The Labute approximate surface area is 105 Å². The number of rotatable bonds is 3. The van der Waals surface area contributed by atoms with Gasteiger partial charge < -0.3 is 15.5 Å². The molecule has 0 aliphatic heterocycles. The van der Waals surface area contributed by atoms with E-state index in [0.717, 1.165) is 0 Å². The second kappa shape index (κ2) is 6.25. The molecule has 0 saturated heterocycles. The number of hydrogen-bond acceptors (Lipinski definition) is 3. The maximum absolute atomic E-state index is 11.6. The summed E-state index contributed by atoms with van der Waals surface area (Å²) in [6.45, 7) is 1.45. The first-order valence-corrected chi connectivity index (χ1v) is 5.29. The summed E-state index contributed by atoms with van der Waals surface area (Å²) in [4.78, 5) is 23.6. The average molecular weight is 246 g/mol. The van der Waals surface area contributed by atoms with E-state index in [1.807, 2.05) is 6.07 Å². The molecule has 0 unspecified atom stereocenters. The predicted octanol–water partition coefficient (Wildman–Crippen LogP) is 1.63. The fourth-order valence-electron chi connectivity index (χ4n) is 1.24. The first kappa shape index (κ1) is 13.5. The van der Waals surface area contributed by atoms with Gasteiger partial charge in [-0.2, -0.15) is 5.26 Å². The lowest BCUT2D eigenvalue weighted by molar-refractivity contribution is -0.114. The van der Waals surface area contributed by atoms with Gasteiger partial charge in [-0.25, -0.2) is 4.79 Å². The van der Waals surface area contributed by atoms with Gasteiger partial charge in [-0.15, -0.1) is 0 Å². The molecule has 0 radical (unpaired) electrons. The van der Waals surface area contributed by atoms with Crippen LogP contribution in [0.2, 0.25) is 0 Å². The van der Waals surface area contributed by atoms with E-state index in [4.69, 9.17) is 5.26 Å². The van der Waals surface area contributed by atoms with Crippen LogP contribution in [0.15, 0.2) is 24.3 Å². The molecule has 1 rings (SSSR count). The zero-order chi connectivity index (χ0) is 13.5. The summed E-state index contributed by atoms with van der Waals surface area (Å²) in [5.41, 5.74) is 1.25. The molecule has 0 aromatic heterocycles. The van der Waals surface area contributed by atoms with Crippen LogP contribution in [0, 0.1) is 11.3 Å². The number of urea groups is 1. The molecule has 1 aromatic carbocycles. The van der Waals surface area contributed by atoms with E-state index >= 15 is 0 Å². The van der Waals surface area contributed by atoms with Gasteiger partial charge in [0.1, 0.15) is 6.54 Å². The summed E-state index contributed by atoms with van der Waals surface area (Å²) in [6.07, 6.45) is 0. The summed E-state index contributed by atoms with van der Waals surface area (Å²) < 4.78 is 0. The molecule has 0 fully saturated rings. The van der Waals surface area contributed by atoms with Gasteiger partial charge in [0, 0.05) is 25.3 Å². The standard InChI is InChI=1S/C12H14N4O2/c1-9(17)14-10-3-5-11(6-4-10)15-12(18)16(2)8-7-13/h3-6H,8H2,1-2H3,(H,14,17)(H,15,18). The summed E-state index contributed by atoms with van der Waals surface area (Å²) in [7, 11) is 1.53. The Morgan fingerprint density at radius 2 is 1.72 bits per heavy atom. The van der Waals surface area contributed by atoms with Crippen LogP contribution in [0.1, 0.15) is 6.92 Å². The van der Waals surface area contributed by atoms with Crippen LogP contribution in [0.25, 0.3) is 0 Å². The molecule has 94 valence electrons. The number of carbonyl (C=O) groups is 2. The SMILES string of the molecule is CC(=O)Nc1ccc(NC(=O)N(C)CC#N)cc1. The van der Waals surface area contributed by atoms with Crippen molar-refractivity contribution < 1.29 is 9.59 Å². The zero-order valence-electron chi connectivity index (χ0n) is 10.2. The van der Waals surface area contributed by atoms with E-state index in [-0.39, 0.29) is 18.5 Å². The Bertz CT molecular complexity index is 476. The minimum Gasteiger partial charge on any atom is -0.326 e. The quantitative estimate of drug-likeness (QED) is 0.795. The molecule has 0 saturated carbocycles. The highest BCUT2D eigenvalue weighted by Gasteiger charge is 2.07. The van der Waals surface area contributed by atoms with E-state index in [2.05, 4.69) is 10.6 Å². The summed E-state index contributed by atoms with van der Waals surface area (Å²) in [5.74, 6) is -0.152. The van der Waals surface area contributed by atoms with Gasteiger partial charge >= 0.3 is 6.03 Å². The van der Waals surface area contributed by atoms with Crippen molar-refractivity contribution in [3.8, 4) is 6.07 Å². The molecule has 0 heterocycles. The summed E-state index contributed by atoms with van der Waals surface area (Å²) in [5, 5.41) is 13.7. The lowest BCUT2D eigenvalue weighted by Gasteiger charge is -2.14. The van der Waals surface area contributed by atoms with Crippen molar-refractivity contribution in [3.63, 3.8) is 0 Å². The van der Waals surface area contributed by atoms with Crippen LogP contribution >= 0.6 is 0 Å². The van der Waals surface area contributed by atoms with Crippen LogP contribution in [0.4, 0.5) is 16.2 Å². The Hall–Kier alpha value is -2.55. The highest BCUT2D eigenvalue weighted by molar-refractivity contribution is 5.91. The Balaban J connectivity index is 2.61. The predicted molar refractivity (Wildman–Crippen MR) is 68.0 cm³/mol. The van der Waals surface area contributed by atoms with Gasteiger partial charge in [-0.3, -0.25) is 4.79 Å². The molecule has 1 aromatic rings. The van der Waals surface area contributed by atoms with Gasteiger partial charge in [-0.05, 0) is 24.3 Å². The van der Waals surface area contributed by atoms with Crippen LogP contribution in [0.5, 0.6) is 0 Å². The van der Waals surface area contributed by atoms with Gasteiger partial charge in [-0.1, -0.05) is 0 Å². The molecule has 3 amide bonds. The number of nitrogens with zero attached hydrogens (tertiary/aromatic N) is 2. The van der Waals surface area contributed by atoms with E-state index in [1.54, 1.807) is 24.3 Å². The Morgan fingerprint density at radius 3 is 2.17 bits per heavy atom. The smallest absolute Gasteiger partial charge is 0.322 e. The zero-order valence-corrected chi connectivity index (χ0v) is 10.2. The van der Waals surface area contributed by atoms with Crippen molar-refractivity contribution >= 4 is 23.3 Å². The van der Waals surface area contributed by atoms with E-state index in [9.17, 15) is 9.59 Å². The minimum absolute atomic E-state index is 0.0236. The van der Waals surface area contributed by atoms with Crippen LogP contribution in [-0.4, -0.2) is 30.4 Å². The third-order valence-electron chi connectivity index (χ3n) is 2.11. The Morgan fingerprint density at radius 1 is 1.22 bits per heavy atom. The second-order valence-electron chi connectivity index (χ2n) is 3.70. The molecule has 6 heteroatoms. The number of benzene rings is 1. The first-order valence-electron chi connectivity index (χ1n) is 5.29. The molecule has 0 spiro atoms. The van der Waals surface area contributed by atoms with Gasteiger partial charge in [0.25, 0.3) is 0 Å². The third-order valence-corrected chi connectivity index (χ3v) is 2.11. The second-order valence-corrected chi connectivity index (χ2v) is 3.70. The lowest BCUT2D eigenvalue weighted by atomic mass is 10.3. The first-order chi connectivity index (χ1) is 8.52. The summed E-state index contributed by atoms with van der Waals surface area (Å²) >= 11 is 0. The maximum Gasteiger partial charge on any atom is 0.322 e. The lowest BCUT2D eigenvalue weighted by Crippen LogP contribution is -2.31. The van der Waals surface area contributed by atoms with Crippen molar-refractivity contribution in [2.24, 2.45) is 0 Å². The number of nitriles is 1. The molecule has 0 bridgehead atoms. The molecule has 0 aliphatic carbocycles. The van der Waals surface area contributed by atoms with Crippen LogP contribution < -0.4 is 10.6 Å². The van der Waals surface area contributed by atoms with Gasteiger partial charge in [0.05, 0.1) is 6.07 Å². The third kappa shape index (κ3) is 4.14. The molecular formula is C12H14N4O2. The van der Waals surface area contributed by atoms with E-state index in [1.165, 1.54) is 18.9 Å². The van der Waals surface area contributed by atoms with E-state index in [0.29, 0.717) is 11.4 Å². The normalized spacial score (nSPS) is 9.17. The van der Waals surface area contributed by atoms with Gasteiger partial charge in [0.15, 0.2) is 0 Å². The fourth-order valence-corrected chi connectivity index (χ4v) is 1.24. The van der Waals surface area contributed by atoms with Crippen LogP contribution in [0.3, 0.4) is 0 Å². The topological polar surface area (TPSA) is 85.2 Å². The number of hydrogen-bond donors (Lipinski definition) is 2. The Kier molecular flexibility index (Phi) is 4.69. The highest BCUT2D eigenvalue weighted by Crippen LogP contribution is 2.13. The molecule has 2 N–H and O–H groups in total. The average Bonchev–Trinajstić information content (AvgIpc) is 2.31. The maximum atomic E-state index is 11.6. The molecule has 18 heavy (non-hydrogen) atoms. The number of nitrogens with one attached hydrogen (secondary N) is 2. The molecule has 0 atom stereocenters. The summed E-state index contributed by atoms with van der Waals surface area (Å²) in [6, 6.07) is 8.23.